The molecule has 1 amide bonds. The van der Waals surface area contributed by atoms with Crippen molar-refractivity contribution >= 4 is 24.0 Å². The third-order valence-corrected chi connectivity index (χ3v) is 4.73. The van der Waals surface area contributed by atoms with Crippen LogP contribution >= 0.6 is 12.4 Å². The number of anilines is 1. The van der Waals surface area contributed by atoms with Crippen LogP contribution in [-0.2, 0) is 20.9 Å². The van der Waals surface area contributed by atoms with Crippen molar-refractivity contribution in [1.82, 2.24) is 0 Å². The van der Waals surface area contributed by atoms with Gasteiger partial charge >= 0.3 is 0 Å². The molecule has 0 radical (unpaired) electrons. The molecule has 1 aliphatic carbocycles. The van der Waals surface area contributed by atoms with Gasteiger partial charge in [-0.1, -0.05) is 31.4 Å². The van der Waals surface area contributed by atoms with Gasteiger partial charge in [0.25, 0.3) is 0 Å². The fourth-order valence-electron chi connectivity index (χ4n) is 3.08. The molecule has 0 unspecified atom stereocenters. The zero-order valence-electron chi connectivity index (χ0n) is 15.3. The lowest BCUT2D eigenvalue weighted by Crippen LogP contribution is -2.52. The van der Waals surface area contributed by atoms with E-state index in [-0.39, 0.29) is 18.3 Å². The number of hydrogen-bond acceptors (Lipinski definition) is 4. The molecule has 0 aliphatic heterocycles. The van der Waals surface area contributed by atoms with E-state index >= 15 is 0 Å². The smallest absolute Gasteiger partial charge is 0.244 e. The highest BCUT2D eigenvalue weighted by molar-refractivity contribution is 5.98. The standard InChI is InChI=1S/C19H30N2O3.ClH/c1-3-23-12-13-24-14-16-8-7-9-17(15(16)2)21-18(22)19(20)10-5-4-6-11-19;/h7-9H,3-6,10-14,20H2,1-2H3,(H,21,22);1H. The third kappa shape index (κ3) is 6.26. The fourth-order valence-corrected chi connectivity index (χ4v) is 3.08. The summed E-state index contributed by atoms with van der Waals surface area (Å²) in [6.45, 7) is 6.34. The second-order valence-electron chi connectivity index (χ2n) is 6.51. The number of rotatable bonds is 8. The average Bonchev–Trinajstić information content (AvgIpc) is 2.58. The Bertz CT molecular complexity index is 545. The molecule has 1 saturated carbocycles. The highest BCUT2D eigenvalue weighted by Gasteiger charge is 2.35. The van der Waals surface area contributed by atoms with Crippen molar-refractivity contribution in [2.45, 2.75) is 58.1 Å². The predicted octanol–water partition coefficient (Wildman–Crippen LogP) is 3.57. The van der Waals surface area contributed by atoms with Crippen molar-refractivity contribution in [3.63, 3.8) is 0 Å². The summed E-state index contributed by atoms with van der Waals surface area (Å²) in [6, 6.07) is 5.88. The largest absolute Gasteiger partial charge is 0.379 e. The van der Waals surface area contributed by atoms with Crippen molar-refractivity contribution in [3.05, 3.63) is 29.3 Å². The summed E-state index contributed by atoms with van der Waals surface area (Å²) < 4.78 is 10.9. The maximum atomic E-state index is 12.6. The first-order chi connectivity index (χ1) is 11.6. The Morgan fingerprint density at radius 1 is 1.20 bits per heavy atom. The van der Waals surface area contributed by atoms with Gasteiger partial charge in [0, 0.05) is 12.3 Å². The molecule has 2 rings (SSSR count). The van der Waals surface area contributed by atoms with Crippen LogP contribution in [0.25, 0.3) is 0 Å². The first-order valence-electron chi connectivity index (χ1n) is 8.91. The number of benzene rings is 1. The minimum atomic E-state index is -0.727. The SMILES string of the molecule is CCOCCOCc1cccc(NC(=O)C2(N)CCCCC2)c1C.Cl. The molecule has 0 heterocycles. The Labute approximate surface area is 157 Å². The molecule has 0 bridgehead atoms. The van der Waals surface area contributed by atoms with Gasteiger partial charge in [-0.3, -0.25) is 4.79 Å². The van der Waals surface area contributed by atoms with Crippen molar-refractivity contribution in [2.75, 3.05) is 25.1 Å². The number of ether oxygens (including phenoxy) is 2. The molecular formula is C19H31ClN2O3. The summed E-state index contributed by atoms with van der Waals surface area (Å²) in [5, 5.41) is 3.03. The minimum Gasteiger partial charge on any atom is -0.379 e. The molecule has 1 fully saturated rings. The number of nitrogens with two attached hydrogens (primary N) is 1. The molecule has 142 valence electrons. The molecule has 3 N–H and O–H groups in total. The van der Waals surface area contributed by atoms with Gasteiger partial charge in [0.2, 0.25) is 5.91 Å². The second-order valence-corrected chi connectivity index (χ2v) is 6.51. The molecular weight excluding hydrogens is 340 g/mol. The molecule has 0 saturated heterocycles. The van der Waals surface area contributed by atoms with Crippen LogP contribution < -0.4 is 11.1 Å². The third-order valence-electron chi connectivity index (χ3n) is 4.73. The Kier molecular flexibility index (Phi) is 9.43. The fraction of sp³-hybridized carbons (Fsp3) is 0.632. The number of nitrogens with one attached hydrogen (secondary N) is 1. The van der Waals surface area contributed by atoms with E-state index in [1.165, 1.54) is 6.42 Å². The van der Waals surface area contributed by atoms with Gasteiger partial charge in [0.1, 0.15) is 0 Å². The zero-order chi connectivity index (χ0) is 17.4. The quantitative estimate of drug-likeness (QED) is 0.686. The first kappa shape index (κ1) is 21.9. The Balaban J connectivity index is 0.00000312. The second kappa shape index (κ2) is 10.8. The lowest BCUT2D eigenvalue weighted by atomic mass is 9.82. The highest BCUT2D eigenvalue weighted by Crippen LogP contribution is 2.28. The molecule has 6 heteroatoms. The van der Waals surface area contributed by atoms with Crippen LogP contribution in [0.2, 0.25) is 0 Å². The van der Waals surface area contributed by atoms with Gasteiger partial charge < -0.3 is 20.5 Å². The number of carbonyl (C=O) groups excluding carboxylic acids is 1. The number of carbonyl (C=O) groups is 1. The molecule has 25 heavy (non-hydrogen) atoms. The zero-order valence-corrected chi connectivity index (χ0v) is 16.1. The maximum Gasteiger partial charge on any atom is 0.244 e. The molecule has 1 aromatic carbocycles. The molecule has 0 atom stereocenters. The Morgan fingerprint density at radius 2 is 1.88 bits per heavy atom. The van der Waals surface area contributed by atoms with E-state index in [2.05, 4.69) is 5.32 Å². The normalized spacial score (nSPS) is 16.1. The molecule has 1 aromatic rings. The average molecular weight is 371 g/mol. The summed E-state index contributed by atoms with van der Waals surface area (Å²) in [5.41, 5.74) is 8.51. The van der Waals surface area contributed by atoms with Gasteiger partial charge in [-0.25, -0.2) is 0 Å². The van der Waals surface area contributed by atoms with Crippen LogP contribution in [0.5, 0.6) is 0 Å². The Morgan fingerprint density at radius 3 is 2.56 bits per heavy atom. The summed E-state index contributed by atoms with van der Waals surface area (Å²) in [7, 11) is 0. The van der Waals surface area contributed by atoms with Crippen molar-refractivity contribution in [2.24, 2.45) is 5.73 Å². The van der Waals surface area contributed by atoms with Gasteiger partial charge in [-0.2, -0.15) is 0 Å². The van der Waals surface area contributed by atoms with E-state index in [4.69, 9.17) is 15.2 Å². The molecule has 0 aromatic heterocycles. The van der Waals surface area contributed by atoms with Crippen molar-refractivity contribution < 1.29 is 14.3 Å². The molecule has 0 spiro atoms. The van der Waals surface area contributed by atoms with E-state index in [1.54, 1.807) is 0 Å². The summed E-state index contributed by atoms with van der Waals surface area (Å²) >= 11 is 0. The summed E-state index contributed by atoms with van der Waals surface area (Å²) in [5.74, 6) is -0.0697. The van der Waals surface area contributed by atoms with Gasteiger partial charge in [0.15, 0.2) is 0 Å². The van der Waals surface area contributed by atoms with E-state index in [0.717, 1.165) is 42.5 Å². The van der Waals surface area contributed by atoms with Crippen LogP contribution in [0.1, 0.15) is 50.2 Å². The molecule has 1 aliphatic rings. The van der Waals surface area contributed by atoms with Gasteiger partial charge in [0.05, 0.1) is 25.4 Å². The van der Waals surface area contributed by atoms with Gasteiger partial charge in [-0.05, 0) is 43.9 Å². The van der Waals surface area contributed by atoms with Crippen molar-refractivity contribution in [1.29, 1.82) is 0 Å². The van der Waals surface area contributed by atoms with Crippen molar-refractivity contribution in [3.8, 4) is 0 Å². The minimum absolute atomic E-state index is 0. The summed E-state index contributed by atoms with van der Waals surface area (Å²) in [4.78, 5) is 12.6. The lowest BCUT2D eigenvalue weighted by molar-refractivity contribution is -0.122. The number of hydrogen-bond donors (Lipinski definition) is 2. The number of halogens is 1. The topological polar surface area (TPSA) is 73.6 Å². The first-order valence-corrected chi connectivity index (χ1v) is 8.91. The van der Waals surface area contributed by atoms with Crippen LogP contribution in [0.15, 0.2) is 18.2 Å². The van der Waals surface area contributed by atoms with E-state index in [9.17, 15) is 4.79 Å². The van der Waals surface area contributed by atoms with Gasteiger partial charge in [-0.15, -0.1) is 12.4 Å². The van der Waals surface area contributed by atoms with Crippen LogP contribution in [-0.4, -0.2) is 31.3 Å². The van der Waals surface area contributed by atoms with E-state index in [1.807, 2.05) is 32.0 Å². The molecule has 5 nitrogen and oxygen atoms in total. The van der Waals surface area contributed by atoms with E-state index < -0.39 is 5.54 Å². The highest BCUT2D eigenvalue weighted by atomic mass is 35.5. The van der Waals surface area contributed by atoms with Crippen LogP contribution in [0.4, 0.5) is 5.69 Å². The van der Waals surface area contributed by atoms with Crippen LogP contribution in [0, 0.1) is 6.92 Å². The Hall–Kier alpha value is -1.14. The lowest BCUT2D eigenvalue weighted by Gasteiger charge is -2.32. The monoisotopic (exact) mass is 370 g/mol. The predicted molar refractivity (Wildman–Crippen MR) is 103 cm³/mol. The maximum absolute atomic E-state index is 12.6. The van der Waals surface area contributed by atoms with Crippen LogP contribution in [0.3, 0.4) is 0 Å². The summed E-state index contributed by atoms with van der Waals surface area (Å²) in [6.07, 6.45) is 4.74. The number of amides is 1. The van der Waals surface area contributed by atoms with E-state index in [0.29, 0.717) is 26.4 Å².